The molecule has 0 unspecified atom stereocenters. The molecule has 3 aromatic rings. The SMILES string of the molecule is COc1ccc2nccc(NC(=O)C3CCC(NCN4C=c5cnsc5=CC4)CC3)c2c1. The fraction of sp³-hybridized carbons (Fsp3) is 0.375. The largest absolute Gasteiger partial charge is 0.497 e. The molecule has 1 fully saturated rings. The summed E-state index contributed by atoms with van der Waals surface area (Å²) in [6.07, 6.45) is 11.9. The average molecular weight is 450 g/mol. The number of ether oxygens (including phenoxy) is 1. The third-order valence-electron chi connectivity index (χ3n) is 6.35. The Hall–Kier alpha value is -2.97. The van der Waals surface area contributed by atoms with E-state index >= 15 is 0 Å². The molecule has 5 rings (SSSR count). The average Bonchev–Trinajstić information content (AvgIpc) is 3.31. The van der Waals surface area contributed by atoms with Gasteiger partial charge in [0.2, 0.25) is 5.91 Å². The predicted octanol–water partition coefficient (Wildman–Crippen LogP) is 2.28. The maximum absolute atomic E-state index is 13.0. The molecule has 2 aliphatic rings. The van der Waals surface area contributed by atoms with E-state index < -0.39 is 0 Å². The Bertz CT molecular complexity index is 1230. The van der Waals surface area contributed by atoms with Gasteiger partial charge in [0.1, 0.15) is 5.75 Å². The summed E-state index contributed by atoms with van der Waals surface area (Å²) < 4.78 is 10.8. The Morgan fingerprint density at radius 3 is 2.97 bits per heavy atom. The Morgan fingerprint density at radius 1 is 1.25 bits per heavy atom. The first-order chi connectivity index (χ1) is 15.7. The number of fused-ring (bicyclic) bond motifs is 2. The van der Waals surface area contributed by atoms with Gasteiger partial charge in [-0.05, 0) is 67.6 Å². The van der Waals surface area contributed by atoms with Gasteiger partial charge in [-0.1, -0.05) is 0 Å². The van der Waals surface area contributed by atoms with Crippen molar-refractivity contribution in [3.8, 4) is 5.75 Å². The maximum Gasteiger partial charge on any atom is 0.227 e. The van der Waals surface area contributed by atoms with Gasteiger partial charge >= 0.3 is 0 Å². The number of rotatable bonds is 6. The van der Waals surface area contributed by atoms with Crippen LogP contribution >= 0.6 is 11.5 Å². The van der Waals surface area contributed by atoms with Gasteiger partial charge in [-0.15, -0.1) is 0 Å². The molecule has 0 saturated heterocycles. The lowest BCUT2D eigenvalue weighted by Crippen LogP contribution is -2.43. The van der Waals surface area contributed by atoms with Crippen molar-refractivity contribution in [2.24, 2.45) is 5.92 Å². The quantitative estimate of drug-likeness (QED) is 0.601. The first-order valence-electron chi connectivity index (χ1n) is 11.0. The molecule has 2 aromatic heterocycles. The Morgan fingerprint density at radius 2 is 2.12 bits per heavy atom. The van der Waals surface area contributed by atoms with Crippen LogP contribution in [0.2, 0.25) is 0 Å². The minimum absolute atomic E-state index is 0.0381. The van der Waals surface area contributed by atoms with Crippen molar-refractivity contribution in [2.45, 2.75) is 31.7 Å². The molecular formula is C24H27N5O2S. The van der Waals surface area contributed by atoms with Crippen LogP contribution in [0.1, 0.15) is 25.7 Å². The highest BCUT2D eigenvalue weighted by molar-refractivity contribution is 7.03. The van der Waals surface area contributed by atoms with Crippen molar-refractivity contribution in [1.82, 2.24) is 19.6 Å². The van der Waals surface area contributed by atoms with Gasteiger partial charge in [0, 0.05) is 47.7 Å². The van der Waals surface area contributed by atoms with E-state index in [-0.39, 0.29) is 11.8 Å². The molecule has 0 atom stereocenters. The van der Waals surface area contributed by atoms with Crippen LogP contribution in [0.25, 0.3) is 23.2 Å². The van der Waals surface area contributed by atoms with Gasteiger partial charge in [-0.25, -0.2) is 0 Å². The van der Waals surface area contributed by atoms with Crippen molar-refractivity contribution in [3.05, 3.63) is 46.4 Å². The molecule has 1 aliphatic heterocycles. The zero-order chi connectivity index (χ0) is 21.9. The number of carbonyl (C=O) groups excluding carboxylic acids is 1. The van der Waals surface area contributed by atoms with Crippen molar-refractivity contribution in [1.29, 1.82) is 0 Å². The summed E-state index contributed by atoms with van der Waals surface area (Å²) in [5.74, 6) is 0.883. The fourth-order valence-electron chi connectivity index (χ4n) is 4.47. The summed E-state index contributed by atoms with van der Waals surface area (Å²) in [4.78, 5) is 19.6. The normalized spacial score (nSPS) is 20.2. The monoisotopic (exact) mass is 449 g/mol. The maximum atomic E-state index is 13.0. The standard InChI is InChI=1S/C24H27N5O2S/c1-31-19-6-7-21-20(12-19)22(8-10-25-21)28-24(30)16-2-4-18(5-3-16)26-15-29-11-9-23-17(14-29)13-27-32-23/h6-10,12-14,16,18,26H,2-5,11,15H2,1H3,(H,25,28,30). The van der Waals surface area contributed by atoms with E-state index in [2.05, 4.69) is 37.2 Å². The second-order valence-corrected chi connectivity index (χ2v) is 9.22. The lowest BCUT2D eigenvalue weighted by Gasteiger charge is -2.31. The van der Waals surface area contributed by atoms with Crippen LogP contribution in [-0.4, -0.2) is 46.5 Å². The van der Waals surface area contributed by atoms with Crippen molar-refractivity contribution >= 4 is 46.3 Å². The predicted molar refractivity (Wildman–Crippen MR) is 128 cm³/mol. The van der Waals surface area contributed by atoms with Crippen LogP contribution in [0.3, 0.4) is 0 Å². The number of pyridine rings is 1. The molecule has 3 heterocycles. The van der Waals surface area contributed by atoms with Crippen molar-refractivity contribution in [2.75, 3.05) is 25.6 Å². The van der Waals surface area contributed by atoms with Crippen LogP contribution in [0, 0.1) is 5.92 Å². The number of hydrogen-bond donors (Lipinski definition) is 2. The molecule has 2 N–H and O–H groups in total. The van der Waals surface area contributed by atoms with Crippen molar-refractivity contribution in [3.63, 3.8) is 0 Å². The molecule has 1 saturated carbocycles. The highest BCUT2D eigenvalue weighted by atomic mass is 32.1. The second-order valence-electron chi connectivity index (χ2n) is 8.39. The zero-order valence-corrected chi connectivity index (χ0v) is 18.9. The number of amides is 1. The fourth-order valence-corrected chi connectivity index (χ4v) is 5.11. The summed E-state index contributed by atoms with van der Waals surface area (Å²) in [6.45, 7) is 1.72. The first kappa shape index (κ1) is 20.9. The summed E-state index contributed by atoms with van der Waals surface area (Å²) in [5, 5.41) is 8.89. The van der Waals surface area contributed by atoms with E-state index in [4.69, 9.17) is 4.74 Å². The van der Waals surface area contributed by atoms with E-state index in [1.54, 1.807) is 24.8 Å². The van der Waals surface area contributed by atoms with E-state index in [0.29, 0.717) is 6.04 Å². The van der Waals surface area contributed by atoms with Gasteiger partial charge in [-0.2, -0.15) is 4.37 Å². The van der Waals surface area contributed by atoms with Gasteiger partial charge < -0.3 is 15.0 Å². The van der Waals surface area contributed by atoms with E-state index in [1.807, 2.05) is 30.5 Å². The third kappa shape index (κ3) is 4.47. The van der Waals surface area contributed by atoms with Gasteiger partial charge in [0.15, 0.2) is 0 Å². The minimum Gasteiger partial charge on any atom is -0.497 e. The number of anilines is 1. The molecule has 0 bridgehead atoms. The topological polar surface area (TPSA) is 79.4 Å². The molecule has 8 heteroatoms. The minimum atomic E-state index is 0.0381. The number of aromatic nitrogens is 2. The summed E-state index contributed by atoms with van der Waals surface area (Å²) >= 11 is 1.55. The van der Waals surface area contributed by atoms with Crippen LogP contribution in [0.15, 0.2) is 36.7 Å². The molecule has 166 valence electrons. The van der Waals surface area contributed by atoms with Gasteiger partial charge in [0.25, 0.3) is 0 Å². The number of carbonyl (C=O) groups is 1. The lowest BCUT2D eigenvalue weighted by molar-refractivity contribution is -0.120. The number of methoxy groups -OCH3 is 1. The smallest absolute Gasteiger partial charge is 0.227 e. The highest BCUT2D eigenvalue weighted by Gasteiger charge is 2.26. The number of hydrogen-bond acceptors (Lipinski definition) is 7. The summed E-state index contributed by atoms with van der Waals surface area (Å²) in [7, 11) is 1.64. The number of nitrogens with zero attached hydrogens (tertiary/aromatic N) is 3. The summed E-state index contributed by atoms with van der Waals surface area (Å²) in [5.41, 5.74) is 1.63. The molecule has 0 radical (unpaired) electrons. The Labute approximate surface area is 191 Å². The Balaban J connectivity index is 1.14. The third-order valence-corrected chi connectivity index (χ3v) is 7.16. The van der Waals surface area contributed by atoms with Crippen LogP contribution in [-0.2, 0) is 4.79 Å². The first-order valence-corrected chi connectivity index (χ1v) is 11.8. The number of benzene rings is 1. The van der Waals surface area contributed by atoms with Gasteiger partial charge in [0.05, 0.1) is 29.5 Å². The molecule has 32 heavy (non-hydrogen) atoms. The van der Waals surface area contributed by atoms with E-state index in [0.717, 1.165) is 61.2 Å². The zero-order valence-electron chi connectivity index (χ0n) is 18.1. The highest BCUT2D eigenvalue weighted by Crippen LogP contribution is 2.29. The lowest BCUT2D eigenvalue weighted by atomic mass is 9.85. The Kier molecular flexibility index (Phi) is 6.05. The molecule has 1 amide bonds. The number of nitrogens with one attached hydrogen (secondary N) is 2. The van der Waals surface area contributed by atoms with E-state index in [1.165, 1.54) is 9.75 Å². The molecule has 7 nitrogen and oxygen atoms in total. The molecular weight excluding hydrogens is 422 g/mol. The second kappa shape index (κ2) is 9.26. The molecule has 0 spiro atoms. The van der Waals surface area contributed by atoms with Crippen LogP contribution < -0.4 is 25.1 Å². The van der Waals surface area contributed by atoms with Gasteiger partial charge in [-0.3, -0.25) is 15.1 Å². The van der Waals surface area contributed by atoms with Crippen molar-refractivity contribution < 1.29 is 9.53 Å². The molecule has 1 aliphatic carbocycles. The summed E-state index contributed by atoms with van der Waals surface area (Å²) in [6, 6.07) is 8.01. The molecule has 1 aromatic carbocycles. The van der Waals surface area contributed by atoms with Crippen LogP contribution in [0.5, 0.6) is 5.75 Å². The van der Waals surface area contributed by atoms with Crippen LogP contribution in [0.4, 0.5) is 5.69 Å². The van der Waals surface area contributed by atoms with E-state index in [9.17, 15) is 4.79 Å².